The lowest BCUT2D eigenvalue weighted by atomic mass is 10.00. The highest BCUT2D eigenvalue weighted by atomic mass is 16.6. The van der Waals surface area contributed by atoms with Crippen molar-refractivity contribution in [3.05, 3.63) is 107 Å². The number of carbonyl (C=O) groups is 1. The normalized spacial score (nSPS) is 16.3. The summed E-state index contributed by atoms with van der Waals surface area (Å²) in [6.07, 6.45) is 2.07. The molecule has 0 bridgehead atoms. The van der Waals surface area contributed by atoms with Gasteiger partial charge >= 0.3 is 6.03 Å². The Morgan fingerprint density at radius 2 is 1.76 bits per heavy atom. The highest BCUT2D eigenvalue weighted by molar-refractivity contribution is 5.90. The van der Waals surface area contributed by atoms with Crippen molar-refractivity contribution < 1.29 is 14.3 Å². The van der Waals surface area contributed by atoms with E-state index in [2.05, 4.69) is 59.4 Å². The van der Waals surface area contributed by atoms with Crippen molar-refractivity contribution >= 4 is 11.7 Å². The predicted molar refractivity (Wildman–Crippen MR) is 131 cm³/mol. The second-order valence-corrected chi connectivity index (χ2v) is 8.66. The maximum Gasteiger partial charge on any atom is 0.322 e. The second kappa shape index (κ2) is 8.30. The minimum Gasteiger partial charge on any atom is -0.486 e. The predicted octanol–water partition coefficient (Wildman–Crippen LogP) is 5.69. The third-order valence-corrected chi connectivity index (χ3v) is 6.38. The first-order chi connectivity index (χ1) is 16.7. The van der Waals surface area contributed by atoms with Crippen molar-refractivity contribution in [2.24, 2.45) is 0 Å². The molecule has 6 nitrogen and oxygen atoms in total. The van der Waals surface area contributed by atoms with Crippen LogP contribution in [0.3, 0.4) is 0 Å². The molecule has 34 heavy (non-hydrogen) atoms. The molecule has 4 aromatic rings. The summed E-state index contributed by atoms with van der Waals surface area (Å²) in [6.45, 7) is 3.59. The lowest BCUT2D eigenvalue weighted by Crippen LogP contribution is -2.38. The van der Waals surface area contributed by atoms with Crippen molar-refractivity contribution in [3.8, 4) is 17.2 Å². The summed E-state index contributed by atoms with van der Waals surface area (Å²) in [6, 6.07) is 25.8. The maximum atomic E-state index is 13.8. The van der Waals surface area contributed by atoms with Gasteiger partial charge in [-0.15, -0.1) is 0 Å². The van der Waals surface area contributed by atoms with Crippen LogP contribution < -0.4 is 14.8 Å². The minimum absolute atomic E-state index is 0.173. The van der Waals surface area contributed by atoms with E-state index in [1.165, 1.54) is 0 Å². The van der Waals surface area contributed by atoms with Crippen LogP contribution in [0.2, 0.25) is 0 Å². The molecular weight excluding hydrogens is 426 g/mol. The summed E-state index contributed by atoms with van der Waals surface area (Å²) >= 11 is 0. The van der Waals surface area contributed by atoms with Crippen LogP contribution in [0, 0.1) is 6.92 Å². The van der Waals surface area contributed by atoms with Gasteiger partial charge in [0.1, 0.15) is 13.2 Å². The van der Waals surface area contributed by atoms with E-state index < -0.39 is 0 Å². The molecule has 0 spiro atoms. The number of nitrogens with zero attached hydrogens (tertiary/aromatic N) is 2. The SMILES string of the molecule is Cc1cccc([C@H]2c3cccn3-c3ccccc3CN2C(=O)Nc2ccc3c(c2)OCCO3)c1. The Morgan fingerprint density at radius 1 is 0.912 bits per heavy atom. The zero-order valence-electron chi connectivity index (χ0n) is 18.9. The zero-order valence-corrected chi connectivity index (χ0v) is 18.9. The van der Waals surface area contributed by atoms with Crippen LogP contribution in [0.5, 0.6) is 11.5 Å². The lowest BCUT2D eigenvalue weighted by Gasteiger charge is -2.31. The number of hydrogen-bond acceptors (Lipinski definition) is 3. The molecule has 0 fully saturated rings. The largest absolute Gasteiger partial charge is 0.486 e. The van der Waals surface area contributed by atoms with E-state index >= 15 is 0 Å². The molecule has 0 aliphatic carbocycles. The number of anilines is 1. The van der Waals surface area contributed by atoms with Gasteiger partial charge in [0, 0.05) is 23.6 Å². The van der Waals surface area contributed by atoms with Crippen LogP contribution >= 0.6 is 0 Å². The molecule has 2 aliphatic rings. The first-order valence-electron chi connectivity index (χ1n) is 11.5. The molecular formula is C28H25N3O3. The molecule has 3 aromatic carbocycles. The number of carbonyl (C=O) groups excluding carboxylic acids is 1. The zero-order chi connectivity index (χ0) is 23.1. The first-order valence-corrected chi connectivity index (χ1v) is 11.5. The monoisotopic (exact) mass is 451 g/mol. The number of rotatable bonds is 2. The van der Waals surface area contributed by atoms with E-state index in [1.807, 2.05) is 47.4 Å². The molecule has 0 unspecified atom stereocenters. The first kappa shape index (κ1) is 20.4. The Balaban J connectivity index is 1.43. The number of ether oxygens (including phenoxy) is 2. The highest BCUT2D eigenvalue weighted by Crippen LogP contribution is 2.38. The van der Waals surface area contributed by atoms with Gasteiger partial charge in [0.25, 0.3) is 0 Å². The van der Waals surface area contributed by atoms with Crippen LogP contribution in [0.4, 0.5) is 10.5 Å². The summed E-state index contributed by atoms with van der Waals surface area (Å²) in [5, 5.41) is 3.10. The smallest absolute Gasteiger partial charge is 0.322 e. The Kier molecular flexibility index (Phi) is 4.99. The number of hydrogen-bond donors (Lipinski definition) is 1. The summed E-state index contributed by atoms with van der Waals surface area (Å²) < 4.78 is 13.5. The summed E-state index contributed by atoms with van der Waals surface area (Å²) in [7, 11) is 0. The Bertz CT molecular complexity index is 1380. The van der Waals surface area contributed by atoms with Gasteiger partial charge in [-0.2, -0.15) is 0 Å². The molecule has 0 radical (unpaired) electrons. The van der Waals surface area contributed by atoms with Gasteiger partial charge in [-0.1, -0.05) is 48.0 Å². The van der Waals surface area contributed by atoms with Crippen LogP contribution in [0.25, 0.3) is 5.69 Å². The molecule has 2 amide bonds. The Morgan fingerprint density at radius 3 is 2.65 bits per heavy atom. The highest BCUT2D eigenvalue weighted by Gasteiger charge is 2.33. The average Bonchev–Trinajstić information content (AvgIpc) is 3.28. The summed E-state index contributed by atoms with van der Waals surface area (Å²) in [4.78, 5) is 15.7. The summed E-state index contributed by atoms with van der Waals surface area (Å²) in [5.41, 5.74) is 6.13. The maximum absolute atomic E-state index is 13.8. The fourth-order valence-corrected chi connectivity index (χ4v) is 4.85. The number of fused-ring (bicyclic) bond motifs is 4. The van der Waals surface area contributed by atoms with Gasteiger partial charge in [0.15, 0.2) is 11.5 Å². The molecule has 1 aromatic heterocycles. The molecule has 6 heteroatoms. The van der Waals surface area contributed by atoms with Gasteiger partial charge in [-0.25, -0.2) is 4.79 Å². The number of aromatic nitrogens is 1. The van der Waals surface area contributed by atoms with E-state index in [4.69, 9.17) is 9.47 Å². The van der Waals surface area contributed by atoms with Crippen molar-refractivity contribution in [2.45, 2.75) is 19.5 Å². The lowest BCUT2D eigenvalue weighted by molar-refractivity contribution is 0.171. The van der Waals surface area contributed by atoms with E-state index in [-0.39, 0.29) is 12.1 Å². The van der Waals surface area contributed by atoms with E-state index in [9.17, 15) is 4.79 Å². The fourth-order valence-electron chi connectivity index (χ4n) is 4.85. The van der Waals surface area contributed by atoms with Crippen molar-refractivity contribution in [1.82, 2.24) is 9.47 Å². The van der Waals surface area contributed by atoms with Gasteiger partial charge in [-0.3, -0.25) is 0 Å². The molecule has 0 saturated heterocycles. The molecule has 1 N–H and O–H groups in total. The molecule has 6 rings (SSSR count). The second-order valence-electron chi connectivity index (χ2n) is 8.66. The third-order valence-electron chi connectivity index (χ3n) is 6.38. The van der Waals surface area contributed by atoms with Crippen molar-refractivity contribution in [1.29, 1.82) is 0 Å². The minimum atomic E-state index is -0.250. The van der Waals surface area contributed by atoms with Crippen LogP contribution in [0.1, 0.15) is 28.4 Å². The molecule has 1 atom stereocenters. The van der Waals surface area contributed by atoms with E-state index in [1.54, 1.807) is 0 Å². The Labute approximate surface area is 198 Å². The van der Waals surface area contributed by atoms with Crippen molar-refractivity contribution in [2.75, 3.05) is 18.5 Å². The fraction of sp³-hybridized carbons (Fsp3) is 0.179. The topological polar surface area (TPSA) is 55.7 Å². The van der Waals surface area contributed by atoms with Gasteiger partial charge in [0.05, 0.1) is 18.3 Å². The molecule has 3 heterocycles. The number of nitrogens with one attached hydrogen (secondary N) is 1. The average molecular weight is 452 g/mol. The number of para-hydroxylation sites is 1. The van der Waals surface area contributed by atoms with Gasteiger partial charge in [-0.05, 0) is 48.4 Å². The van der Waals surface area contributed by atoms with Crippen LogP contribution in [-0.4, -0.2) is 28.7 Å². The van der Waals surface area contributed by atoms with Crippen LogP contribution in [0.15, 0.2) is 85.1 Å². The van der Waals surface area contributed by atoms with Gasteiger partial charge in [0.2, 0.25) is 0 Å². The molecule has 0 saturated carbocycles. The standard InChI is InChI=1S/C28H25N3O3/c1-19-6-4-8-20(16-19)27-24-10-5-13-30(24)23-9-3-2-7-21(23)18-31(27)28(32)29-22-11-12-25-26(17-22)34-15-14-33-25/h2-13,16-17,27H,14-15,18H2,1H3,(H,29,32)/t27-/m0/s1. The third kappa shape index (κ3) is 3.57. The quantitative estimate of drug-likeness (QED) is 0.426. The number of urea groups is 1. The number of amides is 2. The van der Waals surface area contributed by atoms with E-state index in [0.29, 0.717) is 36.9 Å². The number of benzene rings is 3. The molecule has 2 aliphatic heterocycles. The van der Waals surface area contributed by atoms with E-state index in [0.717, 1.165) is 28.1 Å². The number of aryl methyl sites for hydroxylation is 1. The van der Waals surface area contributed by atoms with Gasteiger partial charge < -0.3 is 24.3 Å². The summed E-state index contributed by atoms with van der Waals surface area (Å²) in [5.74, 6) is 1.35. The molecule has 170 valence electrons. The van der Waals surface area contributed by atoms with Crippen LogP contribution in [-0.2, 0) is 6.54 Å². The van der Waals surface area contributed by atoms with Crippen molar-refractivity contribution in [3.63, 3.8) is 0 Å². The Hall–Kier alpha value is -4.19.